The average molecular weight is 395 g/mol. The van der Waals surface area contributed by atoms with E-state index < -0.39 is 5.92 Å². The van der Waals surface area contributed by atoms with Gasteiger partial charge in [-0.25, -0.2) is 5.06 Å². The summed E-state index contributed by atoms with van der Waals surface area (Å²) in [6.07, 6.45) is 9.51. The molecule has 7 heteroatoms. The van der Waals surface area contributed by atoms with Gasteiger partial charge in [-0.2, -0.15) is 0 Å². The first-order chi connectivity index (χ1) is 14.0. The van der Waals surface area contributed by atoms with E-state index in [1.807, 2.05) is 59.7 Å². The van der Waals surface area contributed by atoms with Crippen molar-refractivity contribution >= 4 is 17.5 Å². The molecule has 1 aliphatic carbocycles. The van der Waals surface area contributed by atoms with Crippen LogP contribution in [-0.4, -0.2) is 60.0 Å². The number of carbonyl (C=O) groups is 2. The highest BCUT2D eigenvalue weighted by Gasteiger charge is 2.32. The Morgan fingerprint density at radius 3 is 2.66 bits per heavy atom. The lowest BCUT2D eigenvalue weighted by atomic mass is 9.97. The monoisotopic (exact) mass is 395 g/mol. The van der Waals surface area contributed by atoms with E-state index in [4.69, 9.17) is 4.74 Å². The van der Waals surface area contributed by atoms with Crippen LogP contribution in [0, 0.1) is 5.92 Å². The maximum Gasteiger partial charge on any atom is 0.254 e. The smallest absolute Gasteiger partial charge is 0.254 e. The summed E-state index contributed by atoms with van der Waals surface area (Å²) in [7, 11) is 0. The number of nitrogens with zero attached hydrogens (tertiary/aromatic N) is 3. The molecule has 4 rings (SSSR count). The van der Waals surface area contributed by atoms with E-state index >= 15 is 0 Å². The summed E-state index contributed by atoms with van der Waals surface area (Å²) < 4.78 is 5.28. The van der Waals surface area contributed by atoms with Gasteiger partial charge in [0.15, 0.2) is 0 Å². The van der Waals surface area contributed by atoms with Crippen molar-refractivity contribution in [2.75, 3.05) is 37.9 Å². The lowest BCUT2D eigenvalue weighted by molar-refractivity contribution is -0.178. The number of rotatable bonds is 5. The topological polar surface area (TPSA) is 73.3 Å². The van der Waals surface area contributed by atoms with Crippen LogP contribution in [0.25, 0.3) is 0 Å². The van der Waals surface area contributed by atoms with Gasteiger partial charge < -0.3 is 4.74 Å². The van der Waals surface area contributed by atoms with Crippen molar-refractivity contribution in [3.8, 4) is 0 Å². The van der Waals surface area contributed by atoms with Gasteiger partial charge in [0.25, 0.3) is 5.91 Å². The van der Waals surface area contributed by atoms with Gasteiger partial charge in [-0.1, -0.05) is 36.4 Å². The molecule has 7 nitrogen and oxygen atoms in total. The molecule has 1 fully saturated rings. The Balaban J connectivity index is 1.41. The second-order valence-electron chi connectivity index (χ2n) is 7.48. The molecule has 0 saturated carbocycles. The van der Waals surface area contributed by atoms with Crippen LogP contribution in [0.3, 0.4) is 0 Å². The fourth-order valence-electron chi connectivity index (χ4n) is 3.76. The zero-order valence-corrected chi connectivity index (χ0v) is 16.4. The minimum Gasteiger partial charge on any atom is -0.379 e. The van der Waals surface area contributed by atoms with Crippen LogP contribution in [0.1, 0.15) is 18.4 Å². The number of hydrogen-bond donors (Lipinski definition) is 1. The third-order valence-corrected chi connectivity index (χ3v) is 5.58. The predicted molar refractivity (Wildman–Crippen MR) is 108 cm³/mol. The molecule has 1 aromatic rings. The molecular weight excluding hydrogens is 370 g/mol. The minimum atomic E-state index is -0.490. The quantitative estimate of drug-likeness (QED) is 0.612. The lowest BCUT2D eigenvalue weighted by Gasteiger charge is -2.30. The number of anilines is 1. The number of carbonyl (C=O) groups excluding carboxylic acids is 2. The fraction of sp³-hybridized carbons (Fsp3) is 0.364. The maximum absolute atomic E-state index is 12.6. The maximum atomic E-state index is 12.6. The highest BCUT2D eigenvalue weighted by atomic mass is 16.5. The third kappa shape index (κ3) is 4.03. The summed E-state index contributed by atoms with van der Waals surface area (Å²) in [6.45, 7) is 4.54. The van der Waals surface area contributed by atoms with E-state index in [0.717, 1.165) is 21.9 Å². The Morgan fingerprint density at radius 1 is 1.24 bits per heavy atom. The summed E-state index contributed by atoms with van der Waals surface area (Å²) in [5, 5.41) is 11.0. The number of benzene rings is 1. The van der Waals surface area contributed by atoms with Gasteiger partial charge in [-0.05, 0) is 30.2 Å². The van der Waals surface area contributed by atoms with Crippen LogP contribution in [-0.2, 0) is 14.3 Å². The molecule has 152 valence electrons. The summed E-state index contributed by atoms with van der Waals surface area (Å²) in [5.41, 5.74) is 2.52. The van der Waals surface area contributed by atoms with E-state index in [1.165, 1.54) is 0 Å². The zero-order valence-electron chi connectivity index (χ0n) is 16.4. The Morgan fingerprint density at radius 2 is 1.97 bits per heavy atom. The largest absolute Gasteiger partial charge is 0.379 e. The van der Waals surface area contributed by atoms with Gasteiger partial charge in [0.2, 0.25) is 5.91 Å². The van der Waals surface area contributed by atoms with E-state index in [-0.39, 0.29) is 24.4 Å². The first kappa shape index (κ1) is 19.6. The Kier molecular flexibility index (Phi) is 5.62. The molecule has 2 amide bonds. The highest BCUT2D eigenvalue weighted by Crippen LogP contribution is 2.32. The number of hydrogen-bond acceptors (Lipinski definition) is 5. The predicted octanol–water partition coefficient (Wildman–Crippen LogP) is 2.27. The highest BCUT2D eigenvalue weighted by molar-refractivity contribution is 6.03. The normalized spacial score (nSPS) is 22.4. The third-order valence-electron chi connectivity index (χ3n) is 5.58. The number of amides is 2. The minimum absolute atomic E-state index is 0.0181. The molecule has 2 unspecified atom stereocenters. The second kappa shape index (κ2) is 8.32. The standard InChI is InChI=1S/C22H25N3O4/c1-16(21(26)25(28)15-23-10-12-29-13-11-23)17-6-8-19(9-7-17)24-14-18-4-2-3-5-20(18)22(24)27/h2-9,14,16,20,28H,10-13,15H2,1H3. The average Bonchev–Trinajstić information content (AvgIpc) is 3.10. The zero-order chi connectivity index (χ0) is 20.4. The van der Waals surface area contributed by atoms with Crippen molar-refractivity contribution in [2.45, 2.75) is 12.8 Å². The van der Waals surface area contributed by atoms with E-state index in [9.17, 15) is 14.8 Å². The van der Waals surface area contributed by atoms with Crippen molar-refractivity contribution in [3.05, 3.63) is 65.9 Å². The van der Waals surface area contributed by atoms with Crippen LogP contribution in [0.15, 0.2) is 60.3 Å². The van der Waals surface area contributed by atoms with Crippen molar-refractivity contribution in [3.63, 3.8) is 0 Å². The molecule has 0 spiro atoms. The van der Waals surface area contributed by atoms with Gasteiger partial charge in [-0.3, -0.25) is 24.6 Å². The van der Waals surface area contributed by atoms with E-state index in [0.29, 0.717) is 26.3 Å². The number of fused-ring (bicyclic) bond motifs is 1. The lowest BCUT2D eigenvalue weighted by Crippen LogP contribution is -2.45. The van der Waals surface area contributed by atoms with Gasteiger partial charge in [0, 0.05) is 25.0 Å². The molecule has 29 heavy (non-hydrogen) atoms. The number of allylic oxidation sites excluding steroid dienone is 3. The fourth-order valence-corrected chi connectivity index (χ4v) is 3.76. The first-order valence-electron chi connectivity index (χ1n) is 9.84. The van der Waals surface area contributed by atoms with Crippen LogP contribution in [0.5, 0.6) is 0 Å². The van der Waals surface area contributed by atoms with Crippen molar-refractivity contribution in [1.29, 1.82) is 0 Å². The van der Waals surface area contributed by atoms with E-state index in [1.54, 1.807) is 11.8 Å². The molecule has 3 aliphatic rings. The van der Waals surface area contributed by atoms with Crippen molar-refractivity contribution in [1.82, 2.24) is 9.96 Å². The summed E-state index contributed by atoms with van der Waals surface area (Å²) >= 11 is 0. The number of ether oxygens (including phenoxy) is 1. The van der Waals surface area contributed by atoms with Gasteiger partial charge in [0.1, 0.15) is 6.67 Å². The molecule has 2 heterocycles. The summed E-state index contributed by atoms with van der Waals surface area (Å²) in [4.78, 5) is 28.9. The Hall–Kier alpha value is -2.74. The molecule has 0 aromatic heterocycles. The van der Waals surface area contributed by atoms with Gasteiger partial charge >= 0.3 is 0 Å². The Bertz CT molecular complexity index is 869. The number of morpholine rings is 1. The van der Waals surface area contributed by atoms with Gasteiger partial charge in [0.05, 0.1) is 25.0 Å². The molecule has 1 N–H and O–H groups in total. The summed E-state index contributed by atoms with van der Waals surface area (Å²) in [6, 6.07) is 7.34. The SMILES string of the molecule is CC(C(=O)N(O)CN1CCOCC1)c1ccc(N2C=C3C=CC=CC3C2=O)cc1. The van der Waals surface area contributed by atoms with E-state index in [2.05, 4.69) is 0 Å². The van der Waals surface area contributed by atoms with Crippen LogP contribution in [0.2, 0.25) is 0 Å². The molecule has 0 radical (unpaired) electrons. The molecule has 2 aliphatic heterocycles. The molecule has 2 atom stereocenters. The number of hydroxylamine groups is 2. The van der Waals surface area contributed by atoms with Crippen LogP contribution < -0.4 is 4.90 Å². The first-order valence-corrected chi connectivity index (χ1v) is 9.84. The molecule has 1 saturated heterocycles. The van der Waals surface area contributed by atoms with Crippen LogP contribution in [0.4, 0.5) is 5.69 Å². The molecule has 0 bridgehead atoms. The van der Waals surface area contributed by atoms with Crippen LogP contribution >= 0.6 is 0 Å². The molecular formula is C22H25N3O4. The molecule has 1 aromatic carbocycles. The van der Waals surface area contributed by atoms with Gasteiger partial charge in [-0.15, -0.1) is 0 Å². The Labute approximate surface area is 170 Å². The second-order valence-corrected chi connectivity index (χ2v) is 7.48. The van der Waals surface area contributed by atoms with Crippen molar-refractivity contribution < 1.29 is 19.5 Å². The van der Waals surface area contributed by atoms with Crippen molar-refractivity contribution in [2.24, 2.45) is 5.92 Å². The summed E-state index contributed by atoms with van der Waals surface area (Å²) in [5.74, 6) is -1.05.